The molecule has 16 heavy (non-hydrogen) atoms. The van der Waals surface area contributed by atoms with Gasteiger partial charge in [0.15, 0.2) is 0 Å². The fourth-order valence-corrected chi connectivity index (χ4v) is 2.71. The predicted molar refractivity (Wildman–Crippen MR) is 64.4 cm³/mol. The molecule has 2 rings (SSSR count). The summed E-state index contributed by atoms with van der Waals surface area (Å²) in [6.07, 6.45) is 3.47. The van der Waals surface area contributed by atoms with Crippen molar-refractivity contribution in [3.63, 3.8) is 0 Å². The van der Waals surface area contributed by atoms with E-state index in [4.69, 9.17) is 4.52 Å². The van der Waals surface area contributed by atoms with E-state index in [9.17, 15) is 0 Å². The molecule has 3 heteroatoms. The molecule has 2 atom stereocenters. The largest absolute Gasteiger partial charge is 0.361 e. The van der Waals surface area contributed by atoms with Crippen molar-refractivity contribution >= 4 is 0 Å². The lowest BCUT2D eigenvalue weighted by Crippen LogP contribution is -2.18. The molecule has 0 aromatic carbocycles. The Morgan fingerprint density at radius 3 is 3.00 bits per heavy atom. The van der Waals surface area contributed by atoms with Gasteiger partial charge in [-0.05, 0) is 31.2 Å². The molecule has 1 aromatic rings. The first-order valence-corrected chi connectivity index (χ1v) is 6.40. The molecule has 0 amide bonds. The van der Waals surface area contributed by atoms with Crippen LogP contribution in [0.1, 0.15) is 56.5 Å². The molecule has 0 aliphatic heterocycles. The Labute approximate surface area is 97.6 Å². The number of aromatic nitrogens is 1. The Hall–Kier alpha value is -0.830. The molecule has 0 fully saturated rings. The second-order valence-corrected chi connectivity index (χ2v) is 5.09. The summed E-state index contributed by atoms with van der Waals surface area (Å²) >= 11 is 0. The van der Waals surface area contributed by atoms with Gasteiger partial charge in [-0.15, -0.1) is 0 Å². The third-order valence-corrected chi connectivity index (χ3v) is 3.38. The minimum atomic E-state index is 0.600. The molecule has 0 bridgehead atoms. The standard InChI is InChI=1S/C13H22N2O/c1-4-5-14-8-11-13-10(3)6-9(2)7-12(13)16-15-11/h9-10,14H,4-8H2,1-3H3. The molecule has 90 valence electrons. The van der Waals surface area contributed by atoms with Gasteiger partial charge in [-0.25, -0.2) is 0 Å². The first-order chi connectivity index (χ1) is 7.72. The number of hydrogen-bond acceptors (Lipinski definition) is 3. The molecule has 0 radical (unpaired) electrons. The van der Waals surface area contributed by atoms with Crippen molar-refractivity contribution in [1.29, 1.82) is 0 Å². The van der Waals surface area contributed by atoms with Crippen LogP contribution in [-0.2, 0) is 13.0 Å². The highest BCUT2D eigenvalue weighted by Crippen LogP contribution is 2.36. The van der Waals surface area contributed by atoms with Crippen LogP contribution in [0.2, 0.25) is 0 Å². The monoisotopic (exact) mass is 222 g/mol. The molecular weight excluding hydrogens is 200 g/mol. The van der Waals surface area contributed by atoms with Crippen LogP contribution in [0.25, 0.3) is 0 Å². The van der Waals surface area contributed by atoms with Crippen LogP contribution < -0.4 is 5.32 Å². The number of fused-ring (bicyclic) bond motifs is 1. The highest BCUT2D eigenvalue weighted by molar-refractivity contribution is 5.29. The molecule has 1 heterocycles. The van der Waals surface area contributed by atoms with Crippen molar-refractivity contribution in [1.82, 2.24) is 10.5 Å². The fraction of sp³-hybridized carbons (Fsp3) is 0.769. The quantitative estimate of drug-likeness (QED) is 0.796. The van der Waals surface area contributed by atoms with Gasteiger partial charge in [0.2, 0.25) is 0 Å². The second-order valence-electron chi connectivity index (χ2n) is 5.09. The second kappa shape index (κ2) is 5.00. The van der Waals surface area contributed by atoms with E-state index < -0.39 is 0 Å². The zero-order chi connectivity index (χ0) is 11.5. The summed E-state index contributed by atoms with van der Waals surface area (Å²) in [6, 6.07) is 0. The minimum Gasteiger partial charge on any atom is -0.361 e. The van der Waals surface area contributed by atoms with Crippen LogP contribution in [0.5, 0.6) is 0 Å². The van der Waals surface area contributed by atoms with Crippen LogP contribution in [0, 0.1) is 5.92 Å². The third-order valence-electron chi connectivity index (χ3n) is 3.38. The first-order valence-electron chi connectivity index (χ1n) is 6.40. The zero-order valence-electron chi connectivity index (χ0n) is 10.5. The van der Waals surface area contributed by atoms with Crippen LogP contribution in [-0.4, -0.2) is 11.7 Å². The van der Waals surface area contributed by atoms with E-state index in [2.05, 4.69) is 31.2 Å². The van der Waals surface area contributed by atoms with Crippen LogP contribution in [0.3, 0.4) is 0 Å². The SMILES string of the molecule is CCCNCc1noc2c1C(C)CC(C)C2. The van der Waals surface area contributed by atoms with Crippen molar-refractivity contribution in [3.8, 4) is 0 Å². The lowest BCUT2D eigenvalue weighted by molar-refractivity contribution is 0.332. The van der Waals surface area contributed by atoms with E-state index in [1.165, 1.54) is 12.0 Å². The summed E-state index contributed by atoms with van der Waals surface area (Å²) < 4.78 is 5.47. The number of rotatable bonds is 4. The van der Waals surface area contributed by atoms with Crippen LogP contribution in [0.15, 0.2) is 4.52 Å². The summed E-state index contributed by atoms with van der Waals surface area (Å²) in [4.78, 5) is 0. The van der Waals surface area contributed by atoms with Gasteiger partial charge in [-0.1, -0.05) is 25.9 Å². The third kappa shape index (κ3) is 2.29. The molecule has 3 nitrogen and oxygen atoms in total. The van der Waals surface area contributed by atoms with Gasteiger partial charge in [-0.3, -0.25) is 0 Å². The van der Waals surface area contributed by atoms with E-state index in [0.29, 0.717) is 5.92 Å². The maximum atomic E-state index is 5.47. The van der Waals surface area contributed by atoms with Gasteiger partial charge in [0.25, 0.3) is 0 Å². The fourth-order valence-electron chi connectivity index (χ4n) is 2.71. The van der Waals surface area contributed by atoms with Crippen molar-refractivity contribution in [2.45, 2.75) is 52.5 Å². The summed E-state index contributed by atoms with van der Waals surface area (Å²) in [5.74, 6) is 2.45. The van der Waals surface area contributed by atoms with Gasteiger partial charge in [0.05, 0.1) is 0 Å². The number of nitrogens with zero attached hydrogens (tertiary/aromatic N) is 1. The Morgan fingerprint density at radius 2 is 2.25 bits per heavy atom. The van der Waals surface area contributed by atoms with E-state index in [1.54, 1.807) is 0 Å². The molecular formula is C13H22N2O. The smallest absolute Gasteiger partial charge is 0.140 e. The average molecular weight is 222 g/mol. The lowest BCUT2D eigenvalue weighted by Gasteiger charge is -2.23. The summed E-state index contributed by atoms with van der Waals surface area (Å²) in [5, 5.41) is 7.61. The highest BCUT2D eigenvalue weighted by Gasteiger charge is 2.28. The van der Waals surface area contributed by atoms with Gasteiger partial charge < -0.3 is 9.84 Å². The van der Waals surface area contributed by atoms with Crippen LogP contribution >= 0.6 is 0 Å². The Balaban J connectivity index is 2.10. The van der Waals surface area contributed by atoms with Gasteiger partial charge >= 0.3 is 0 Å². The summed E-state index contributed by atoms with van der Waals surface area (Å²) in [7, 11) is 0. The van der Waals surface area contributed by atoms with E-state index >= 15 is 0 Å². The highest BCUT2D eigenvalue weighted by atomic mass is 16.5. The molecule has 0 saturated carbocycles. The molecule has 0 saturated heterocycles. The van der Waals surface area contributed by atoms with E-state index in [1.807, 2.05) is 0 Å². The van der Waals surface area contributed by atoms with Crippen molar-refractivity contribution < 1.29 is 4.52 Å². The molecule has 1 aliphatic rings. The molecule has 1 aliphatic carbocycles. The number of nitrogens with one attached hydrogen (secondary N) is 1. The molecule has 1 N–H and O–H groups in total. The Morgan fingerprint density at radius 1 is 1.44 bits per heavy atom. The topological polar surface area (TPSA) is 38.1 Å². The van der Waals surface area contributed by atoms with Crippen molar-refractivity contribution in [2.24, 2.45) is 5.92 Å². The number of hydrogen-bond donors (Lipinski definition) is 1. The maximum Gasteiger partial charge on any atom is 0.140 e. The van der Waals surface area contributed by atoms with E-state index in [0.717, 1.165) is 43.3 Å². The minimum absolute atomic E-state index is 0.600. The normalized spacial score (nSPS) is 24.4. The van der Waals surface area contributed by atoms with Gasteiger partial charge in [0, 0.05) is 18.5 Å². The van der Waals surface area contributed by atoms with Crippen molar-refractivity contribution in [2.75, 3.05) is 6.54 Å². The van der Waals surface area contributed by atoms with Gasteiger partial charge in [0.1, 0.15) is 11.5 Å². The Bertz CT molecular complexity index is 346. The molecule has 0 spiro atoms. The maximum absolute atomic E-state index is 5.47. The first kappa shape index (κ1) is 11.6. The van der Waals surface area contributed by atoms with Gasteiger partial charge in [-0.2, -0.15) is 0 Å². The average Bonchev–Trinajstić information content (AvgIpc) is 2.62. The lowest BCUT2D eigenvalue weighted by atomic mass is 9.81. The summed E-state index contributed by atoms with van der Waals surface area (Å²) in [6.45, 7) is 8.65. The predicted octanol–water partition coefficient (Wildman–Crippen LogP) is 2.86. The van der Waals surface area contributed by atoms with E-state index in [-0.39, 0.29) is 0 Å². The zero-order valence-corrected chi connectivity index (χ0v) is 10.5. The van der Waals surface area contributed by atoms with Crippen LogP contribution in [0.4, 0.5) is 0 Å². The van der Waals surface area contributed by atoms with Crippen molar-refractivity contribution in [3.05, 3.63) is 17.0 Å². The molecule has 2 unspecified atom stereocenters. The Kier molecular flexibility index (Phi) is 3.64. The molecule has 1 aromatic heterocycles. The summed E-state index contributed by atoms with van der Waals surface area (Å²) in [5.41, 5.74) is 2.50.